The van der Waals surface area contributed by atoms with Gasteiger partial charge in [-0.1, -0.05) is 5.92 Å². The van der Waals surface area contributed by atoms with E-state index in [9.17, 15) is 9.90 Å². The lowest BCUT2D eigenvalue weighted by Crippen LogP contribution is -2.25. The largest absolute Gasteiger partial charge is 0.495 e. The van der Waals surface area contributed by atoms with E-state index in [0.29, 0.717) is 29.7 Å². The summed E-state index contributed by atoms with van der Waals surface area (Å²) in [6.07, 6.45) is 11.3. The van der Waals surface area contributed by atoms with Crippen LogP contribution in [0, 0.1) is 12.3 Å². The highest BCUT2D eigenvalue weighted by atomic mass is 16.5. The fraction of sp³-hybridized carbons (Fsp3) is 0.280. The number of nitrogens with two attached hydrogens (primary N) is 1. The number of fused-ring (bicyclic) bond motifs is 3. The molecule has 0 saturated heterocycles. The number of hydrogen-bond donors (Lipinski definition) is 3. The summed E-state index contributed by atoms with van der Waals surface area (Å²) in [5, 5.41) is 9.91. The number of aromatic carboxylic acids is 1. The van der Waals surface area contributed by atoms with Gasteiger partial charge in [-0.2, -0.15) is 0 Å². The van der Waals surface area contributed by atoms with Crippen LogP contribution < -0.4 is 10.5 Å². The third kappa shape index (κ3) is 3.28. The first-order valence-electron chi connectivity index (χ1n) is 10.3. The van der Waals surface area contributed by atoms with Crippen LogP contribution in [0.4, 0.5) is 0 Å². The molecule has 1 fully saturated rings. The molecule has 6 heteroatoms. The highest BCUT2D eigenvalue weighted by Crippen LogP contribution is 2.41. The second kappa shape index (κ2) is 7.00. The number of aromatic nitrogens is 2. The Kier molecular flexibility index (Phi) is 4.38. The Labute approximate surface area is 180 Å². The van der Waals surface area contributed by atoms with Crippen molar-refractivity contribution in [2.24, 2.45) is 5.73 Å². The van der Waals surface area contributed by atoms with Gasteiger partial charge in [0.25, 0.3) is 0 Å². The molecule has 1 aromatic carbocycles. The Hall–Kier alpha value is -3.56. The second-order valence-electron chi connectivity index (χ2n) is 8.46. The number of terminal acetylenes is 1. The van der Waals surface area contributed by atoms with Gasteiger partial charge in [0.05, 0.1) is 29.6 Å². The van der Waals surface area contributed by atoms with Crippen molar-refractivity contribution < 1.29 is 14.6 Å². The smallest absolute Gasteiger partial charge is 0.337 e. The first kappa shape index (κ1) is 19.4. The summed E-state index contributed by atoms with van der Waals surface area (Å²) in [6, 6.07) is 7.65. The topological polar surface area (TPSA) is 101 Å². The van der Waals surface area contributed by atoms with Gasteiger partial charge in [-0.15, -0.1) is 6.42 Å². The molecule has 0 aliphatic heterocycles. The van der Waals surface area contributed by atoms with Crippen molar-refractivity contribution >= 4 is 5.97 Å². The minimum atomic E-state index is -0.900. The Morgan fingerprint density at radius 2 is 2.16 bits per heavy atom. The number of carboxylic acid groups (broad SMARTS) is 1. The molecule has 0 unspecified atom stereocenters. The van der Waals surface area contributed by atoms with Crippen molar-refractivity contribution in [2.75, 3.05) is 7.11 Å². The molecule has 0 spiro atoms. The van der Waals surface area contributed by atoms with Crippen molar-refractivity contribution in [3.05, 3.63) is 58.4 Å². The molecule has 0 amide bonds. The molecule has 156 valence electrons. The lowest BCUT2D eigenvalue weighted by Gasteiger charge is -2.18. The number of pyridine rings is 1. The summed E-state index contributed by atoms with van der Waals surface area (Å²) in [6.45, 7) is 0. The van der Waals surface area contributed by atoms with E-state index in [-0.39, 0.29) is 5.54 Å². The Morgan fingerprint density at radius 1 is 1.35 bits per heavy atom. The number of carboxylic acids is 1. The monoisotopic (exact) mass is 413 g/mol. The molecule has 0 bridgehead atoms. The normalized spacial score (nSPS) is 15.5. The third-order valence-electron chi connectivity index (χ3n) is 6.37. The molecule has 31 heavy (non-hydrogen) atoms. The van der Waals surface area contributed by atoms with Crippen molar-refractivity contribution in [3.8, 4) is 40.6 Å². The summed E-state index contributed by atoms with van der Waals surface area (Å²) >= 11 is 0. The van der Waals surface area contributed by atoms with Crippen molar-refractivity contribution in [1.29, 1.82) is 0 Å². The molecule has 0 radical (unpaired) electrons. The molecule has 6 nitrogen and oxygen atoms in total. The van der Waals surface area contributed by atoms with E-state index in [1.54, 1.807) is 7.11 Å². The molecule has 2 aliphatic carbocycles. The summed E-state index contributed by atoms with van der Waals surface area (Å²) in [7, 11) is 1.59. The van der Waals surface area contributed by atoms with Gasteiger partial charge in [0.2, 0.25) is 0 Å². The number of rotatable bonds is 5. The van der Waals surface area contributed by atoms with Gasteiger partial charge >= 0.3 is 5.97 Å². The zero-order valence-electron chi connectivity index (χ0n) is 17.3. The molecule has 0 atom stereocenters. The van der Waals surface area contributed by atoms with E-state index in [0.717, 1.165) is 58.6 Å². The molecular weight excluding hydrogens is 390 g/mol. The lowest BCUT2D eigenvalue weighted by atomic mass is 9.88. The lowest BCUT2D eigenvalue weighted by molar-refractivity contribution is 0.0694. The molecule has 3 aromatic rings. The van der Waals surface area contributed by atoms with Crippen LogP contribution in [0.25, 0.3) is 22.5 Å². The maximum atomic E-state index is 12.1. The average Bonchev–Trinajstić information content (AvgIpc) is 3.37. The number of ether oxygens (including phenoxy) is 1. The first-order valence-corrected chi connectivity index (χ1v) is 10.3. The molecule has 2 aliphatic rings. The number of H-pyrrole nitrogens is 1. The number of hydrogen-bond acceptors (Lipinski definition) is 4. The summed E-state index contributed by atoms with van der Waals surface area (Å²) in [5.74, 6) is 2.39. The van der Waals surface area contributed by atoms with Crippen LogP contribution in [0.1, 0.15) is 45.6 Å². The van der Waals surface area contributed by atoms with Crippen LogP contribution in [0.3, 0.4) is 0 Å². The molecule has 5 rings (SSSR count). The Balaban J connectivity index is 1.62. The number of aromatic amines is 1. The number of nitrogens with one attached hydrogen (secondary N) is 1. The van der Waals surface area contributed by atoms with Gasteiger partial charge in [0.1, 0.15) is 5.75 Å². The van der Waals surface area contributed by atoms with Gasteiger partial charge in [-0.3, -0.25) is 4.98 Å². The Bertz CT molecular complexity index is 1260. The van der Waals surface area contributed by atoms with Gasteiger partial charge in [0.15, 0.2) is 0 Å². The van der Waals surface area contributed by atoms with Crippen molar-refractivity contribution in [3.63, 3.8) is 0 Å². The number of benzene rings is 1. The minimum absolute atomic E-state index is 0.279. The van der Waals surface area contributed by atoms with Crippen LogP contribution in [-0.2, 0) is 19.3 Å². The van der Waals surface area contributed by atoms with Crippen LogP contribution in [0.5, 0.6) is 5.75 Å². The van der Waals surface area contributed by atoms with Crippen molar-refractivity contribution in [1.82, 2.24) is 9.97 Å². The maximum Gasteiger partial charge on any atom is 0.337 e. The molecule has 1 saturated carbocycles. The van der Waals surface area contributed by atoms with Crippen LogP contribution in [0.2, 0.25) is 0 Å². The molecule has 2 heterocycles. The SMILES string of the molecule is C#Cc1cc(-c2cc3c(cn2)CCc2c-3[nH]c(CC3(N)CC3)c2C(=O)O)ccc1OC. The van der Waals surface area contributed by atoms with Gasteiger partial charge in [0, 0.05) is 35.0 Å². The van der Waals surface area contributed by atoms with Crippen LogP contribution in [0.15, 0.2) is 30.5 Å². The predicted octanol–water partition coefficient (Wildman–Crippen LogP) is 3.56. The zero-order valence-corrected chi connectivity index (χ0v) is 17.3. The van der Waals surface area contributed by atoms with E-state index < -0.39 is 5.97 Å². The molecule has 4 N–H and O–H groups in total. The second-order valence-corrected chi connectivity index (χ2v) is 8.46. The van der Waals surface area contributed by atoms with E-state index in [1.165, 1.54) is 0 Å². The van der Waals surface area contributed by atoms with Gasteiger partial charge in [-0.25, -0.2) is 4.79 Å². The summed E-state index contributed by atoms with van der Waals surface area (Å²) in [5.41, 5.74) is 13.3. The summed E-state index contributed by atoms with van der Waals surface area (Å²) in [4.78, 5) is 20.1. The fourth-order valence-corrected chi connectivity index (χ4v) is 4.47. The standard InChI is InChI=1S/C25H23N3O3/c1-3-14-10-15(5-7-21(14)31-2)19-11-18-16(13-27-19)4-6-17-22(24(29)30)20(28-23(17)18)12-25(26)8-9-25/h1,5,7,10-11,13,28H,4,6,8-9,12,26H2,2H3,(H,29,30). The number of carbonyl (C=O) groups is 1. The fourth-order valence-electron chi connectivity index (χ4n) is 4.47. The van der Waals surface area contributed by atoms with E-state index in [2.05, 4.69) is 15.9 Å². The zero-order chi connectivity index (χ0) is 21.8. The van der Waals surface area contributed by atoms with E-state index >= 15 is 0 Å². The minimum Gasteiger partial charge on any atom is -0.495 e. The number of methoxy groups -OCH3 is 1. The number of nitrogens with zero attached hydrogens (tertiary/aromatic N) is 1. The Morgan fingerprint density at radius 3 is 2.84 bits per heavy atom. The quantitative estimate of drug-likeness (QED) is 0.555. The highest BCUT2D eigenvalue weighted by Gasteiger charge is 2.40. The first-order chi connectivity index (χ1) is 14.9. The highest BCUT2D eigenvalue weighted by molar-refractivity contribution is 5.95. The van der Waals surface area contributed by atoms with Crippen molar-refractivity contribution in [2.45, 2.75) is 37.6 Å². The molecular formula is C25H23N3O3. The predicted molar refractivity (Wildman–Crippen MR) is 118 cm³/mol. The van der Waals surface area contributed by atoms with Gasteiger partial charge < -0.3 is 20.6 Å². The molecule has 2 aromatic heterocycles. The number of aryl methyl sites for hydroxylation is 1. The van der Waals surface area contributed by atoms with E-state index in [1.807, 2.05) is 30.5 Å². The van der Waals surface area contributed by atoms with Crippen LogP contribution in [-0.4, -0.2) is 33.7 Å². The van der Waals surface area contributed by atoms with E-state index in [4.69, 9.17) is 16.9 Å². The van der Waals surface area contributed by atoms with Crippen LogP contribution >= 0.6 is 0 Å². The summed E-state index contributed by atoms with van der Waals surface area (Å²) < 4.78 is 5.31. The third-order valence-corrected chi connectivity index (χ3v) is 6.37. The average molecular weight is 413 g/mol. The maximum absolute atomic E-state index is 12.1. The van der Waals surface area contributed by atoms with Gasteiger partial charge in [-0.05, 0) is 61.1 Å².